The van der Waals surface area contributed by atoms with E-state index >= 15 is 8.78 Å². The van der Waals surface area contributed by atoms with Gasteiger partial charge >= 0.3 is 0 Å². The number of allylic oxidation sites excluding steroid dienone is 4. The van der Waals surface area contributed by atoms with Crippen LogP contribution in [0.4, 0.5) is 13.2 Å². The van der Waals surface area contributed by atoms with Gasteiger partial charge in [-0.15, -0.1) is 0 Å². The lowest BCUT2D eigenvalue weighted by Crippen LogP contribution is -2.69. The Morgan fingerprint density at radius 3 is 2.57 bits per heavy atom. The molecule has 0 unspecified atom stereocenters. The Morgan fingerprint density at radius 2 is 1.93 bits per heavy atom. The minimum atomic E-state index is -2.45. The second-order valence-corrected chi connectivity index (χ2v) is 10.5. The molecule has 4 nitrogen and oxygen atoms in total. The number of thioether (sulfide) groups is 1. The van der Waals surface area contributed by atoms with E-state index in [1.165, 1.54) is 13.0 Å². The Bertz CT molecular complexity index is 903. The molecule has 4 rings (SSSR count). The molecule has 3 fully saturated rings. The Labute approximate surface area is 177 Å². The van der Waals surface area contributed by atoms with E-state index in [-0.39, 0.29) is 18.4 Å². The van der Waals surface area contributed by atoms with E-state index < -0.39 is 75.1 Å². The minimum absolute atomic E-state index is 0.0314. The van der Waals surface area contributed by atoms with Crippen molar-refractivity contribution >= 4 is 28.4 Å². The summed E-state index contributed by atoms with van der Waals surface area (Å²) in [5.41, 5.74) is -7.43. The van der Waals surface area contributed by atoms with Gasteiger partial charge in [-0.25, -0.2) is 13.2 Å². The quantitative estimate of drug-likeness (QED) is 0.707. The topological polar surface area (TPSA) is 71.4 Å². The van der Waals surface area contributed by atoms with Crippen molar-refractivity contribution in [1.82, 2.24) is 0 Å². The molecule has 8 atom stereocenters. The van der Waals surface area contributed by atoms with Crippen LogP contribution in [-0.4, -0.2) is 45.2 Å². The van der Waals surface area contributed by atoms with Crippen LogP contribution in [0.15, 0.2) is 23.8 Å². The van der Waals surface area contributed by atoms with E-state index in [2.05, 4.69) is 0 Å². The van der Waals surface area contributed by atoms with Gasteiger partial charge in [-0.1, -0.05) is 31.7 Å². The number of rotatable bonds is 2. The Morgan fingerprint density at radius 1 is 1.27 bits per heavy atom. The summed E-state index contributed by atoms with van der Waals surface area (Å²) < 4.78 is 44.9. The fourth-order valence-corrected chi connectivity index (χ4v) is 7.62. The van der Waals surface area contributed by atoms with E-state index in [4.69, 9.17) is 0 Å². The molecule has 3 saturated carbocycles. The maximum Gasteiger partial charge on any atom is 0.223 e. The number of carbonyl (C=O) groups excluding carboxylic acids is 3. The van der Waals surface area contributed by atoms with Crippen molar-refractivity contribution in [3.05, 3.63) is 23.8 Å². The number of ketones is 2. The number of carbonyl (C=O) groups is 3. The van der Waals surface area contributed by atoms with Gasteiger partial charge in [0.1, 0.15) is 17.8 Å². The summed E-state index contributed by atoms with van der Waals surface area (Å²) in [5.74, 6) is -3.61. The molecule has 0 amide bonds. The lowest BCUT2D eigenvalue weighted by Gasteiger charge is -2.60. The summed E-state index contributed by atoms with van der Waals surface area (Å²) >= 11 is 0.341. The predicted octanol–water partition coefficient (Wildman–Crippen LogP) is 3.68. The summed E-state index contributed by atoms with van der Waals surface area (Å²) in [6.45, 7) is 4.64. The van der Waals surface area contributed by atoms with Gasteiger partial charge in [0.15, 0.2) is 17.2 Å². The van der Waals surface area contributed by atoms with Gasteiger partial charge in [0.2, 0.25) is 5.12 Å². The molecule has 0 radical (unpaired) electrons. The molecule has 4 aliphatic carbocycles. The van der Waals surface area contributed by atoms with Crippen molar-refractivity contribution in [3.63, 3.8) is 0 Å². The standard InChI is InChI=1S/C22H25F3O4S/c1-11-6-13-14-8-16(24)15-7-12(26)4-5-19(15,2)21(14,25)17(27)9-20(13,3)22(11,29)18(28)30-10-23/h4-5,7,11,13-14,16,29H,6,8-10H2,1-3H3/t11-,13+,14+,16+,19+,20+,21+,22+/m1/s1. The third kappa shape index (κ3) is 2.32. The van der Waals surface area contributed by atoms with Crippen LogP contribution in [0.25, 0.3) is 0 Å². The van der Waals surface area contributed by atoms with Gasteiger partial charge in [-0.3, -0.25) is 14.4 Å². The minimum Gasteiger partial charge on any atom is -0.380 e. The first-order valence-electron chi connectivity index (χ1n) is 10.1. The van der Waals surface area contributed by atoms with Gasteiger partial charge < -0.3 is 5.11 Å². The molecule has 0 aromatic carbocycles. The van der Waals surface area contributed by atoms with Crippen LogP contribution in [0.2, 0.25) is 0 Å². The van der Waals surface area contributed by atoms with Crippen LogP contribution < -0.4 is 0 Å². The van der Waals surface area contributed by atoms with Crippen LogP contribution >= 0.6 is 11.8 Å². The number of hydrogen-bond donors (Lipinski definition) is 1. The van der Waals surface area contributed by atoms with E-state index in [1.807, 2.05) is 0 Å². The zero-order valence-electron chi connectivity index (χ0n) is 17.1. The maximum absolute atomic E-state index is 16.8. The SMILES string of the molecule is C[C@@H]1C[C@H]2[C@@H]3C[C@H](F)C4=CC(=O)C=C[C@]4(C)[C@@]3(F)C(=O)C[C@]2(C)[C@@]1(O)C(=O)SCF. The first-order chi connectivity index (χ1) is 13.9. The zero-order chi connectivity index (χ0) is 22.3. The van der Waals surface area contributed by atoms with E-state index in [0.717, 1.165) is 12.2 Å². The van der Waals surface area contributed by atoms with Crippen molar-refractivity contribution < 1.29 is 32.7 Å². The lowest BCUT2D eigenvalue weighted by atomic mass is 9.45. The van der Waals surface area contributed by atoms with Gasteiger partial charge in [0.25, 0.3) is 0 Å². The molecule has 0 aliphatic heterocycles. The second-order valence-electron chi connectivity index (χ2n) is 9.63. The van der Waals surface area contributed by atoms with Crippen molar-refractivity contribution in [3.8, 4) is 0 Å². The summed E-state index contributed by atoms with van der Waals surface area (Å²) in [5, 5.41) is 10.7. The Kier molecular flexibility index (Phi) is 4.76. The zero-order valence-corrected chi connectivity index (χ0v) is 17.9. The van der Waals surface area contributed by atoms with Gasteiger partial charge in [-0.2, -0.15) is 0 Å². The summed E-state index contributed by atoms with van der Waals surface area (Å²) in [4.78, 5) is 37.9. The molecule has 8 heteroatoms. The molecule has 0 bridgehead atoms. The van der Waals surface area contributed by atoms with Crippen molar-refractivity contribution in [2.24, 2.45) is 28.6 Å². The predicted molar refractivity (Wildman–Crippen MR) is 106 cm³/mol. The number of fused-ring (bicyclic) bond motifs is 5. The first kappa shape index (κ1) is 21.8. The fraction of sp³-hybridized carbons (Fsp3) is 0.682. The molecule has 0 heterocycles. The van der Waals surface area contributed by atoms with Crippen LogP contribution in [0.3, 0.4) is 0 Å². The molecule has 0 spiro atoms. The van der Waals surface area contributed by atoms with Crippen molar-refractivity contribution in [2.75, 3.05) is 6.01 Å². The molecular weight excluding hydrogens is 417 g/mol. The molecule has 0 aromatic heterocycles. The number of halogens is 3. The molecule has 164 valence electrons. The number of alkyl halides is 3. The molecule has 0 aromatic rings. The van der Waals surface area contributed by atoms with E-state index in [0.29, 0.717) is 11.8 Å². The van der Waals surface area contributed by atoms with Crippen molar-refractivity contribution in [2.45, 2.75) is 57.5 Å². The van der Waals surface area contributed by atoms with E-state index in [1.54, 1.807) is 13.8 Å². The van der Waals surface area contributed by atoms with Crippen LogP contribution in [0.5, 0.6) is 0 Å². The summed E-state index contributed by atoms with van der Waals surface area (Å²) in [6, 6.07) is -1.02. The van der Waals surface area contributed by atoms with Crippen molar-refractivity contribution in [1.29, 1.82) is 0 Å². The maximum atomic E-state index is 16.8. The third-order valence-corrected chi connectivity index (χ3v) is 9.15. The van der Waals surface area contributed by atoms with Crippen LogP contribution in [0, 0.1) is 28.6 Å². The molecule has 30 heavy (non-hydrogen) atoms. The van der Waals surface area contributed by atoms with Gasteiger partial charge in [-0.05, 0) is 49.3 Å². The number of Topliss-reactive ketones (excluding diaryl/α,β-unsaturated/α-hetero) is 1. The first-order valence-corrected chi connectivity index (χ1v) is 11.1. The van der Waals surface area contributed by atoms with Gasteiger partial charge in [0.05, 0.1) is 5.41 Å². The fourth-order valence-electron chi connectivity index (χ4n) is 6.87. The van der Waals surface area contributed by atoms with E-state index in [9.17, 15) is 23.9 Å². The highest BCUT2D eigenvalue weighted by Crippen LogP contribution is 2.70. The average Bonchev–Trinajstić information content (AvgIpc) is 2.88. The monoisotopic (exact) mass is 442 g/mol. The van der Waals surface area contributed by atoms with Crippen LogP contribution in [-0.2, 0) is 14.4 Å². The highest BCUT2D eigenvalue weighted by molar-refractivity contribution is 8.13. The normalized spacial score (nSPS) is 49.9. The third-order valence-electron chi connectivity index (χ3n) is 8.47. The highest BCUT2D eigenvalue weighted by Gasteiger charge is 2.76. The average molecular weight is 442 g/mol. The molecule has 0 saturated heterocycles. The Hall–Kier alpha value is -1.41. The summed E-state index contributed by atoms with van der Waals surface area (Å²) in [6.07, 6.45) is 1.42. The van der Waals surface area contributed by atoms with Gasteiger partial charge in [0, 0.05) is 17.8 Å². The summed E-state index contributed by atoms with van der Waals surface area (Å²) in [7, 11) is 0. The number of hydrogen-bond acceptors (Lipinski definition) is 5. The van der Waals surface area contributed by atoms with Crippen LogP contribution in [0.1, 0.15) is 40.0 Å². The second kappa shape index (κ2) is 6.55. The Balaban J connectivity index is 1.85. The highest BCUT2D eigenvalue weighted by atomic mass is 32.2. The lowest BCUT2D eigenvalue weighted by molar-refractivity contribution is -0.185. The molecule has 4 aliphatic rings. The smallest absolute Gasteiger partial charge is 0.223 e. The largest absolute Gasteiger partial charge is 0.380 e. The molecular formula is C22H25F3O4S. The number of aliphatic hydroxyl groups is 1. The molecule has 1 N–H and O–H groups in total.